The van der Waals surface area contributed by atoms with Crippen molar-refractivity contribution in [2.24, 2.45) is 0 Å². The van der Waals surface area contributed by atoms with E-state index in [0.29, 0.717) is 21.7 Å². The molecule has 1 aromatic carbocycles. The van der Waals surface area contributed by atoms with Crippen LogP contribution >= 0.6 is 11.3 Å². The summed E-state index contributed by atoms with van der Waals surface area (Å²) in [5, 5.41) is 13.1. The second-order valence-corrected chi connectivity index (χ2v) is 7.58. The smallest absolute Gasteiger partial charge is 0.337 e. The van der Waals surface area contributed by atoms with Crippen molar-refractivity contribution >= 4 is 33.2 Å². The highest BCUT2D eigenvalue weighted by molar-refractivity contribution is 7.16. The number of nitrogens with one attached hydrogen (secondary N) is 1. The van der Waals surface area contributed by atoms with E-state index in [9.17, 15) is 14.9 Å². The van der Waals surface area contributed by atoms with Crippen LogP contribution in [0.15, 0.2) is 33.5 Å². The second-order valence-electron chi connectivity index (χ2n) is 6.36. The van der Waals surface area contributed by atoms with Crippen molar-refractivity contribution in [2.45, 2.75) is 33.8 Å². The number of nitrogens with zero attached hydrogens (tertiary/aromatic N) is 1. The van der Waals surface area contributed by atoms with Crippen molar-refractivity contribution in [3.8, 4) is 11.8 Å². The molecular weight excluding hydrogens is 364 g/mol. The number of carbonyl (C=O) groups excluding carboxylic acids is 1. The number of rotatable bonds is 4. The van der Waals surface area contributed by atoms with E-state index in [1.165, 1.54) is 11.3 Å². The first kappa shape index (κ1) is 18.7. The molecule has 0 saturated heterocycles. The third-order valence-electron chi connectivity index (χ3n) is 4.06. The minimum Gasteiger partial charge on any atom is -0.491 e. The van der Waals surface area contributed by atoms with Gasteiger partial charge < -0.3 is 14.5 Å². The van der Waals surface area contributed by atoms with E-state index < -0.39 is 11.5 Å². The Morgan fingerprint density at radius 3 is 2.70 bits per heavy atom. The molecule has 0 radical (unpaired) electrons. The number of fused-ring (bicyclic) bond motifs is 1. The molecule has 3 aromatic rings. The van der Waals surface area contributed by atoms with Gasteiger partial charge in [0.15, 0.2) is 0 Å². The highest BCUT2D eigenvalue weighted by atomic mass is 32.1. The van der Waals surface area contributed by atoms with Gasteiger partial charge in [0.25, 0.3) is 5.91 Å². The highest BCUT2D eigenvalue weighted by Gasteiger charge is 2.18. The number of amides is 1. The molecule has 0 aliphatic carbocycles. The maximum atomic E-state index is 12.8. The van der Waals surface area contributed by atoms with Gasteiger partial charge in [-0.3, -0.25) is 4.79 Å². The molecule has 1 N–H and O–H groups in total. The van der Waals surface area contributed by atoms with Crippen LogP contribution in [-0.2, 0) is 0 Å². The van der Waals surface area contributed by atoms with E-state index >= 15 is 0 Å². The van der Waals surface area contributed by atoms with E-state index in [4.69, 9.17) is 9.15 Å². The largest absolute Gasteiger partial charge is 0.491 e. The summed E-state index contributed by atoms with van der Waals surface area (Å²) >= 11 is 1.33. The standard InChI is InChI=1S/C20H18N2O4S/c1-10(2)25-13-5-6-14-15(8-18(23)26-17(14)7-13)19(24)22-20-16(9-21)11(3)12(4)27-20/h5-8,10H,1-4H3,(H,22,24). The molecule has 0 unspecified atom stereocenters. The molecule has 1 amide bonds. The van der Waals surface area contributed by atoms with Crippen LogP contribution in [0, 0.1) is 25.2 Å². The zero-order valence-corrected chi connectivity index (χ0v) is 16.2. The van der Waals surface area contributed by atoms with Crippen molar-refractivity contribution < 1.29 is 13.9 Å². The Morgan fingerprint density at radius 1 is 1.30 bits per heavy atom. The lowest BCUT2D eigenvalue weighted by atomic mass is 10.1. The van der Waals surface area contributed by atoms with E-state index in [1.54, 1.807) is 18.2 Å². The van der Waals surface area contributed by atoms with Gasteiger partial charge in [-0.2, -0.15) is 5.26 Å². The summed E-state index contributed by atoms with van der Waals surface area (Å²) in [5.74, 6) is 0.0812. The predicted molar refractivity (Wildman–Crippen MR) is 105 cm³/mol. The third-order valence-corrected chi connectivity index (χ3v) is 5.18. The molecule has 138 valence electrons. The average Bonchev–Trinajstić information content (AvgIpc) is 2.86. The summed E-state index contributed by atoms with van der Waals surface area (Å²) in [4.78, 5) is 25.7. The van der Waals surface area contributed by atoms with Gasteiger partial charge >= 0.3 is 5.63 Å². The molecule has 0 saturated carbocycles. The number of aryl methyl sites for hydroxylation is 1. The highest BCUT2D eigenvalue weighted by Crippen LogP contribution is 2.32. The number of thiophene rings is 1. The molecule has 0 aliphatic rings. The Bertz CT molecular complexity index is 1140. The van der Waals surface area contributed by atoms with Gasteiger partial charge in [-0.25, -0.2) is 4.79 Å². The molecule has 6 nitrogen and oxygen atoms in total. The van der Waals surface area contributed by atoms with Gasteiger partial charge in [0, 0.05) is 22.4 Å². The van der Waals surface area contributed by atoms with Gasteiger partial charge in [0.05, 0.1) is 17.2 Å². The lowest BCUT2D eigenvalue weighted by Crippen LogP contribution is -2.15. The number of hydrogen-bond donors (Lipinski definition) is 1. The molecule has 3 rings (SSSR count). The number of hydrogen-bond acceptors (Lipinski definition) is 6. The number of anilines is 1. The lowest BCUT2D eigenvalue weighted by Gasteiger charge is -2.11. The SMILES string of the molecule is Cc1sc(NC(=O)c2cc(=O)oc3cc(OC(C)C)ccc23)c(C#N)c1C. The van der Waals surface area contributed by atoms with Gasteiger partial charge in [0.2, 0.25) is 0 Å². The van der Waals surface area contributed by atoms with Crippen LogP contribution < -0.4 is 15.7 Å². The van der Waals surface area contributed by atoms with Crippen molar-refractivity contribution in [1.82, 2.24) is 0 Å². The molecular formula is C20H18N2O4S. The van der Waals surface area contributed by atoms with Crippen LogP contribution in [0.4, 0.5) is 5.00 Å². The van der Waals surface area contributed by atoms with Crippen molar-refractivity contribution in [3.63, 3.8) is 0 Å². The molecule has 0 aliphatic heterocycles. The summed E-state index contributed by atoms with van der Waals surface area (Å²) in [6, 6.07) is 8.26. The van der Waals surface area contributed by atoms with Crippen molar-refractivity contribution in [3.05, 3.63) is 56.3 Å². The van der Waals surface area contributed by atoms with E-state index in [1.807, 2.05) is 27.7 Å². The number of nitriles is 1. The van der Waals surface area contributed by atoms with E-state index in [0.717, 1.165) is 16.5 Å². The Kier molecular flexibility index (Phi) is 5.02. The first-order valence-corrected chi connectivity index (χ1v) is 9.17. The normalized spacial score (nSPS) is 10.8. The predicted octanol–water partition coefficient (Wildman–Crippen LogP) is 4.38. The molecule has 27 heavy (non-hydrogen) atoms. The van der Waals surface area contributed by atoms with E-state index in [-0.39, 0.29) is 17.3 Å². The molecule has 7 heteroatoms. The zero-order valence-electron chi connectivity index (χ0n) is 15.4. The Morgan fingerprint density at radius 2 is 2.04 bits per heavy atom. The molecule has 2 aromatic heterocycles. The first-order valence-electron chi connectivity index (χ1n) is 8.36. The number of ether oxygens (including phenoxy) is 1. The monoisotopic (exact) mass is 382 g/mol. The topological polar surface area (TPSA) is 92.3 Å². The lowest BCUT2D eigenvalue weighted by molar-refractivity contribution is 0.102. The second kappa shape index (κ2) is 7.25. The molecule has 0 fully saturated rings. The summed E-state index contributed by atoms with van der Waals surface area (Å²) in [6.45, 7) is 7.51. The van der Waals surface area contributed by atoms with E-state index in [2.05, 4.69) is 11.4 Å². The van der Waals surface area contributed by atoms with Crippen molar-refractivity contribution in [1.29, 1.82) is 5.26 Å². The van der Waals surface area contributed by atoms with Gasteiger partial charge in [0.1, 0.15) is 22.4 Å². The third kappa shape index (κ3) is 3.71. The fourth-order valence-corrected chi connectivity index (χ4v) is 3.70. The fourth-order valence-electron chi connectivity index (χ4n) is 2.70. The zero-order chi connectivity index (χ0) is 19.7. The number of benzene rings is 1. The minimum absolute atomic E-state index is 0.0321. The summed E-state index contributed by atoms with van der Waals surface area (Å²) in [5.41, 5.74) is 1.10. The molecule has 0 bridgehead atoms. The van der Waals surface area contributed by atoms with Gasteiger partial charge in [-0.15, -0.1) is 11.3 Å². The van der Waals surface area contributed by atoms with Crippen LogP contribution in [0.3, 0.4) is 0 Å². The summed E-state index contributed by atoms with van der Waals surface area (Å²) in [6.07, 6.45) is -0.0321. The quantitative estimate of drug-likeness (QED) is 0.676. The van der Waals surface area contributed by atoms with Crippen LogP contribution in [-0.4, -0.2) is 12.0 Å². The van der Waals surface area contributed by atoms with Gasteiger partial charge in [-0.1, -0.05) is 0 Å². The molecule has 0 atom stereocenters. The molecule has 2 heterocycles. The van der Waals surface area contributed by atoms with Crippen molar-refractivity contribution in [2.75, 3.05) is 5.32 Å². The summed E-state index contributed by atoms with van der Waals surface area (Å²) < 4.78 is 10.8. The maximum Gasteiger partial charge on any atom is 0.337 e. The maximum absolute atomic E-state index is 12.8. The average molecular weight is 382 g/mol. The summed E-state index contributed by atoms with van der Waals surface area (Å²) in [7, 11) is 0. The minimum atomic E-state index is -0.631. The Hall–Kier alpha value is -3.11. The first-order chi connectivity index (χ1) is 12.8. The Balaban J connectivity index is 2.03. The Labute approximate surface area is 160 Å². The van der Waals surface area contributed by atoms with Crippen LogP contribution in [0.1, 0.15) is 40.2 Å². The van der Waals surface area contributed by atoms with Crippen LogP contribution in [0.25, 0.3) is 11.0 Å². The molecule has 0 spiro atoms. The van der Waals surface area contributed by atoms with Crippen LogP contribution in [0.2, 0.25) is 0 Å². The fraction of sp³-hybridized carbons (Fsp3) is 0.250. The number of carbonyl (C=O) groups is 1. The van der Waals surface area contributed by atoms with Crippen LogP contribution in [0.5, 0.6) is 5.75 Å². The van der Waals surface area contributed by atoms with Gasteiger partial charge in [-0.05, 0) is 45.4 Å².